The lowest BCUT2D eigenvalue weighted by Crippen LogP contribution is -2.48. The number of hydrogen-bond acceptors (Lipinski definition) is 8. The minimum absolute atomic E-state index is 0.0749. The summed E-state index contributed by atoms with van der Waals surface area (Å²) < 4.78 is 39.1. The van der Waals surface area contributed by atoms with E-state index in [1.807, 2.05) is 6.07 Å². The second kappa shape index (κ2) is 11.1. The summed E-state index contributed by atoms with van der Waals surface area (Å²) in [4.78, 5) is 34.3. The molecule has 1 aliphatic carbocycles. The Labute approximate surface area is 229 Å². The van der Waals surface area contributed by atoms with Gasteiger partial charge in [-0.1, -0.05) is 0 Å². The first kappa shape index (κ1) is 26.5. The van der Waals surface area contributed by atoms with E-state index >= 15 is 0 Å². The molecule has 4 aliphatic heterocycles. The van der Waals surface area contributed by atoms with Gasteiger partial charge in [-0.3, -0.25) is 4.79 Å². The number of nitrogens with one attached hydrogen (secondary N) is 2. The summed E-state index contributed by atoms with van der Waals surface area (Å²) in [6, 6.07) is 3.06. The third-order valence-corrected chi connectivity index (χ3v) is 10.2. The second-order valence-electron chi connectivity index (χ2n) is 11.4. The summed E-state index contributed by atoms with van der Waals surface area (Å²) in [6.45, 7) is 4.87. The van der Waals surface area contributed by atoms with Crippen LogP contribution >= 0.6 is 0 Å². The SMILES string of the molecule is O=C(NS(=O)(=O)C1CCNCC1)N1CC2=C(C1)CN(C(=O)c1cc(OCC3CCOCC3)nc(C3CC3)c1)C2. The lowest BCUT2D eigenvalue weighted by molar-refractivity contribution is 0.0490. The Hall–Kier alpha value is -2.70. The maximum absolute atomic E-state index is 13.5. The molecule has 11 nitrogen and oxygen atoms in total. The fourth-order valence-electron chi connectivity index (χ4n) is 5.85. The van der Waals surface area contributed by atoms with E-state index in [0.717, 1.165) is 55.7 Å². The molecule has 0 aromatic carbocycles. The maximum atomic E-state index is 13.5. The second-order valence-corrected chi connectivity index (χ2v) is 13.3. The molecule has 5 heterocycles. The molecule has 12 heteroatoms. The summed E-state index contributed by atoms with van der Waals surface area (Å²) in [7, 11) is -3.71. The highest BCUT2D eigenvalue weighted by Crippen LogP contribution is 2.40. The predicted molar refractivity (Wildman–Crippen MR) is 143 cm³/mol. The minimum atomic E-state index is -3.71. The molecule has 39 heavy (non-hydrogen) atoms. The largest absolute Gasteiger partial charge is 0.477 e. The molecular weight excluding hydrogens is 522 g/mol. The van der Waals surface area contributed by atoms with Gasteiger partial charge in [-0.25, -0.2) is 22.9 Å². The van der Waals surface area contributed by atoms with Gasteiger partial charge in [-0.05, 0) is 74.7 Å². The first-order valence-electron chi connectivity index (χ1n) is 14.1. The Morgan fingerprint density at radius 3 is 2.31 bits per heavy atom. The number of ether oxygens (including phenoxy) is 2. The van der Waals surface area contributed by atoms with Crippen molar-refractivity contribution < 1.29 is 27.5 Å². The van der Waals surface area contributed by atoms with Gasteiger partial charge < -0.3 is 24.6 Å². The van der Waals surface area contributed by atoms with Crippen LogP contribution in [0.3, 0.4) is 0 Å². The average molecular weight is 560 g/mol. The lowest BCUT2D eigenvalue weighted by atomic mass is 10.0. The smallest absolute Gasteiger partial charge is 0.331 e. The molecule has 1 aromatic heterocycles. The van der Waals surface area contributed by atoms with Crippen molar-refractivity contribution in [3.63, 3.8) is 0 Å². The van der Waals surface area contributed by atoms with Crippen molar-refractivity contribution in [2.75, 3.05) is 59.1 Å². The third kappa shape index (κ3) is 6.07. The van der Waals surface area contributed by atoms with Crippen molar-refractivity contribution in [3.05, 3.63) is 34.5 Å². The van der Waals surface area contributed by atoms with Gasteiger partial charge in [0, 0.05) is 62.6 Å². The Balaban J connectivity index is 1.06. The van der Waals surface area contributed by atoms with Gasteiger partial charge in [0.25, 0.3) is 5.91 Å². The third-order valence-electron chi connectivity index (χ3n) is 8.43. The summed E-state index contributed by atoms with van der Waals surface area (Å²) in [6.07, 6.45) is 5.09. The number of nitrogens with zero attached hydrogens (tertiary/aromatic N) is 3. The standard InChI is InChI=1S/C27H37N5O6S/c33-26(20-11-24(19-1-2-19)29-25(12-20)38-17-18-5-9-37-10-6-18)31-13-21-15-32(16-22(21)14-31)27(34)30-39(35,36)23-3-7-28-8-4-23/h11-12,18-19,23,28H,1-10,13-17H2,(H,30,34). The Morgan fingerprint density at radius 2 is 1.64 bits per heavy atom. The van der Waals surface area contributed by atoms with Crippen molar-refractivity contribution in [2.45, 2.75) is 49.7 Å². The molecule has 1 aromatic rings. The van der Waals surface area contributed by atoms with E-state index < -0.39 is 21.3 Å². The topological polar surface area (TPSA) is 130 Å². The summed E-state index contributed by atoms with van der Waals surface area (Å²) in [5, 5.41) is 2.59. The molecule has 6 rings (SSSR count). The molecule has 3 fully saturated rings. The Kier molecular flexibility index (Phi) is 7.52. The van der Waals surface area contributed by atoms with Crippen LogP contribution in [0.25, 0.3) is 0 Å². The molecule has 0 unspecified atom stereocenters. The van der Waals surface area contributed by atoms with Gasteiger partial charge in [0.05, 0.1) is 11.9 Å². The van der Waals surface area contributed by atoms with E-state index in [4.69, 9.17) is 14.5 Å². The molecule has 1 saturated carbocycles. The average Bonchev–Trinajstić information content (AvgIpc) is 3.61. The first-order chi connectivity index (χ1) is 18.9. The number of hydrogen-bond donors (Lipinski definition) is 2. The summed E-state index contributed by atoms with van der Waals surface area (Å²) in [5.74, 6) is 1.25. The number of urea groups is 1. The van der Waals surface area contributed by atoms with Gasteiger partial charge in [-0.2, -0.15) is 0 Å². The quantitative estimate of drug-likeness (QED) is 0.482. The predicted octanol–water partition coefficient (Wildman–Crippen LogP) is 1.62. The van der Waals surface area contributed by atoms with Gasteiger partial charge in [-0.15, -0.1) is 0 Å². The fourth-order valence-corrected chi connectivity index (χ4v) is 7.25. The number of rotatable bonds is 7. The van der Waals surface area contributed by atoms with E-state index in [-0.39, 0.29) is 5.91 Å². The molecule has 2 N–H and O–H groups in total. The van der Waals surface area contributed by atoms with Crippen molar-refractivity contribution in [3.8, 4) is 5.88 Å². The minimum Gasteiger partial charge on any atom is -0.477 e. The van der Waals surface area contributed by atoms with Crippen molar-refractivity contribution in [1.29, 1.82) is 0 Å². The molecule has 0 radical (unpaired) electrons. The monoisotopic (exact) mass is 559 g/mol. The normalized spacial score (nSPS) is 22.8. The van der Waals surface area contributed by atoms with Crippen LogP contribution in [0.1, 0.15) is 60.5 Å². The number of pyridine rings is 1. The Morgan fingerprint density at radius 1 is 0.974 bits per heavy atom. The zero-order valence-electron chi connectivity index (χ0n) is 22.2. The molecule has 5 aliphatic rings. The molecule has 0 bridgehead atoms. The number of carbonyl (C=O) groups is 2. The number of aromatic nitrogens is 1. The molecule has 2 saturated heterocycles. The lowest BCUT2D eigenvalue weighted by Gasteiger charge is -2.26. The van der Waals surface area contributed by atoms with Crippen molar-refractivity contribution in [2.24, 2.45) is 5.92 Å². The maximum Gasteiger partial charge on any atom is 0.331 e. The van der Waals surface area contributed by atoms with Crippen LogP contribution in [-0.2, 0) is 14.8 Å². The van der Waals surface area contributed by atoms with Crippen LogP contribution in [0, 0.1) is 5.92 Å². The molecular formula is C27H37N5O6S. The van der Waals surface area contributed by atoms with Crippen LogP contribution in [0.2, 0.25) is 0 Å². The van der Waals surface area contributed by atoms with Crippen molar-refractivity contribution >= 4 is 22.0 Å². The van der Waals surface area contributed by atoms with E-state index in [9.17, 15) is 18.0 Å². The van der Waals surface area contributed by atoms with Crippen LogP contribution in [0.15, 0.2) is 23.3 Å². The van der Waals surface area contributed by atoms with Gasteiger partial charge in [0.2, 0.25) is 15.9 Å². The summed E-state index contributed by atoms with van der Waals surface area (Å²) in [5.41, 5.74) is 3.51. The van der Waals surface area contributed by atoms with Gasteiger partial charge >= 0.3 is 6.03 Å². The van der Waals surface area contributed by atoms with Crippen LogP contribution in [-0.4, -0.2) is 99.5 Å². The molecule has 212 valence electrons. The number of piperidine rings is 1. The van der Waals surface area contributed by atoms with E-state index in [2.05, 4.69) is 10.0 Å². The molecule has 3 amide bonds. The first-order valence-corrected chi connectivity index (χ1v) is 15.6. The highest BCUT2D eigenvalue weighted by Gasteiger charge is 2.37. The van der Waals surface area contributed by atoms with Gasteiger partial charge in [0.1, 0.15) is 0 Å². The Bertz CT molecular complexity index is 1230. The zero-order valence-corrected chi connectivity index (χ0v) is 23.0. The zero-order chi connectivity index (χ0) is 27.0. The van der Waals surface area contributed by atoms with E-state index in [1.54, 1.807) is 11.0 Å². The van der Waals surface area contributed by atoms with Crippen LogP contribution < -0.4 is 14.8 Å². The van der Waals surface area contributed by atoms with E-state index in [1.165, 1.54) is 4.90 Å². The van der Waals surface area contributed by atoms with Gasteiger partial charge in [0.15, 0.2) is 0 Å². The fraction of sp³-hybridized carbons (Fsp3) is 0.667. The van der Waals surface area contributed by atoms with Crippen molar-refractivity contribution in [1.82, 2.24) is 24.8 Å². The van der Waals surface area contributed by atoms with E-state index in [0.29, 0.717) is 82.0 Å². The van der Waals surface area contributed by atoms with Crippen LogP contribution in [0.4, 0.5) is 4.79 Å². The number of amides is 3. The number of carbonyl (C=O) groups excluding carboxylic acids is 2. The number of sulfonamides is 1. The summed E-state index contributed by atoms with van der Waals surface area (Å²) >= 11 is 0. The molecule has 0 atom stereocenters. The molecule has 0 spiro atoms. The highest BCUT2D eigenvalue weighted by molar-refractivity contribution is 7.90. The highest BCUT2D eigenvalue weighted by atomic mass is 32.2. The van der Waals surface area contributed by atoms with Crippen LogP contribution in [0.5, 0.6) is 5.88 Å².